The van der Waals surface area contributed by atoms with Crippen molar-refractivity contribution < 1.29 is 9.72 Å². The summed E-state index contributed by atoms with van der Waals surface area (Å²) in [5.41, 5.74) is -0.219. The highest BCUT2D eigenvalue weighted by Crippen LogP contribution is 2.19. The minimum absolute atomic E-state index is 0.0328. The van der Waals surface area contributed by atoms with Gasteiger partial charge in [0.15, 0.2) is 0 Å². The van der Waals surface area contributed by atoms with Crippen molar-refractivity contribution in [3.05, 3.63) is 33.1 Å². The lowest BCUT2D eigenvalue weighted by atomic mass is 10.1. The second-order valence-electron chi connectivity index (χ2n) is 4.16. The molecule has 1 unspecified atom stereocenters. The van der Waals surface area contributed by atoms with E-state index in [0.29, 0.717) is 0 Å². The lowest BCUT2D eigenvalue weighted by molar-refractivity contribution is -0.385. The smallest absolute Gasteiger partial charge is 0.288 e. The first-order valence-electron chi connectivity index (χ1n) is 6.10. The van der Waals surface area contributed by atoms with Gasteiger partial charge in [-0.05, 0) is 12.8 Å². The van der Waals surface area contributed by atoms with Crippen LogP contribution in [0.15, 0.2) is 12.3 Å². The molecule has 1 aromatic rings. The first kappa shape index (κ1) is 15.4. The molecule has 104 valence electrons. The van der Waals surface area contributed by atoms with Crippen molar-refractivity contribution in [3.8, 4) is 0 Å². The number of carbonyl (C=O) groups is 1. The van der Waals surface area contributed by atoms with E-state index in [1.165, 1.54) is 0 Å². The van der Waals surface area contributed by atoms with E-state index in [0.717, 1.165) is 31.5 Å². The fourth-order valence-corrected chi connectivity index (χ4v) is 1.88. The first-order valence-corrected chi connectivity index (χ1v) is 6.48. The van der Waals surface area contributed by atoms with E-state index in [1.807, 2.05) is 13.8 Å². The number of nitro groups is 1. The second kappa shape index (κ2) is 7.04. The fraction of sp³-hybridized carbons (Fsp3) is 0.500. The Morgan fingerprint density at radius 1 is 1.58 bits per heavy atom. The molecule has 0 aliphatic heterocycles. The number of aromatic nitrogens is 1. The van der Waals surface area contributed by atoms with Gasteiger partial charge in [0.2, 0.25) is 0 Å². The number of halogens is 1. The molecule has 0 aliphatic carbocycles. The minimum Gasteiger partial charge on any atom is -0.349 e. The molecule has 0 bridgehead atoms. The predicted molar refractivity (Wildman–Crippen MR) is 72.4 cm³/mol. The van der Waals surface area contributed by atoms with Gasteiger partial charge in [-0.15, -0.1) is 0 Å². The quantitative estimate of drug-likeness (QED) is 0.495. The maximum Gasteiger partial charge on any atom is 0.288 e. The molecule has 1 rings (SSSR count). The first-order chi connectivity index (χ1) is 8.99. The number of rotatable bonds is 6. The molecule has 6 nitrogen and oxygen atoms in total. The Balaban J connectivity index is 2.92. The average Bonchev–Trinajstić information content (AvgIpc) is 2.38. The molecule has 0 saturated heterocycles. The summed E-state index contributed by atoms with van der Waals surface area (Å²) < 4.78 is 0. The Hall–Kier alpha value is -1.69. The summed E-state index contributed by atoms with van der Waals surface area (Å²) >= 11 is 5.80. The van der Waals surface area contributed by atoms with Crippen LogP contribution in [0.5, 0.6) is 0 Å². The number of pyridine rings is 1. The van der Waals surface area contributed by atoms with Gasteiger partial charge in [-0.1, -0.05) is 31.9 Å². The molecule has 7 heteroatoms. The Kier molecular flexibility index (Phi) is 5.69. The third-order valence-corrected chi connectivity index (χ3v) is 3.05. The molecular weight excluding hydrogens is 270 g/mol. The van der Waals surface area contributed by atoms with Gasteiger partial charge in [0, 0.05) is 12.1 Å². The van der Waals surface area contributed by atoms with Crippen LogP contribution in [-0.2, 0) is 0 Å². The van der Waals surface area contributed by atoms with Crippen LogP contribution in [0.3, 0.4) is 0 Å². The fourth-order valence-electron chi connectivity index (χ4n) is 1.69. The topological polar surface area (TPSA) is 85.1 Å². The van der Waals surface area contributed by atoms with Gasteiger partial charge in [0.05, 0.1) is 10.5 Å². The van der Waals surface area contributed by atoms with Gasteiger partial charge in [0.25, 0.3) is 11.6 Å². The highest BCUT2D eigenvalue weighted by molar-refractivity contribution is 6.32. The van der Waals surface area contributed by atoms with Crippen molar-refractivity contribution in [1.29, 1.82) is 0 Å². The molecule has 0 saturated carbocycles. The Morgan fingerprint density at radius 3 is 2.79 bits per heavy atom. The number of hydrogen-bond donors (Lipinski definition) is 1. The Labute approximate surface area is 116 Å². The second-order valence-corrected chi connectivity index (χ2v) is 4.51. The van der Waals surface area contributed by atoms with Crippen LogP contribution in [0.2, 0.25) is 5.15 Å². The molecule has 0 radical (unpaired) electrons. The number of hydrogen-bond acceptors (Lipinski definition) is 4. The zero-order chi connectivity index (χ0) is 14.4. The molecule has 0 fully saturated rings. The van der Waals surface area contributed by atoms with Crippen LogP contribution < -0.4 is 5.32 Å². The summed E-state index contributed by atoms with van der Waals surface area (Å²) in [5, 5.41) is 13.4. The molecule has 1 atom stereocenters. The van der Waals surface area contributed by atoms with Crippen LogP contribution >= 0.6 is 11.6 Å². The van der Waals surface area contributed by atoms with Crippen LogP contribution in [0.4, 0.5) is 5.69 Å². The van der Waals surface area contributed by atoms with Crippen molar-refractivity contribution >= 4 is 23.2 Å². The summed E-state index contributed by atoms with van der Waals surface area (Å²) in [6.45, 7) is 3.99. The average molecular weight is 286 g/mol. The number of carbonyl (C=O) groups excluding carboxylic acids is 1. The number of nitrogens with zero attached hydrogens (tertiary/aromatic N) is 2. The van der Waals surface area contributed by atoms with E-state index in [-0.39, 0.29) is 22.4 Å². The third-order valence-electron chi connectivity index (χ3n) is 2.75. The molecule has 1 N–H and O–H groups in total. The van der Waals surface area contributed by atoms with E-state index >= 15 is 0 Å². The van der Waals surface area contributed by atoms with E-state index < -0.39 is 10.8 Å². The molecular formula is C12H16ClN3O3. The van der Waals surface area contributed by atoms with Crippen molar-refractivity contribution in [2.24, 2.45) is 0 Å². The molecule has 0 aliphatic rings. The van der Waals surface area contributed by atoms with Gasteiger partial charge in [-0.3, -0.25) is 14.9 Å². The van der Waals surface area contributed by atoms with E-state index in [1.54, 1.807) is 0 Å². The lowest BCUT2D eigenvalue weighted by Crippen LogP contribution is -2.34. The Morgan fingerprint density at radius 2 is 2.26 bits per heavy atom. The maximum absolute atomic E-state index is 12.0. The Bertz CT molecular complexity index is 479. The molecule has 1 amide bonds. The van der Waals surface area contributed by atoms with Gasteiger partial charge < -0.3 is 5.32 Å². The molecule has 19 heavy (non-hydrogen) atoms. The minimum atomic E-state index is -0.608. The third kappa shape index (κ3) is 4.17. The maximum atomic E-state index is 12.0. The predicted octanol–water partition coefficient (Wildman–Crippen LogP) is 2.95. The summed E-state index contributed by atoms with van der Waals surface area (Å²) in [6.07, 6.45) is 3.62. The van der Waals surface area contributed by atoms with E-state index in [9.17, 15) is 14.9 Å². The monoisotopic (exact) mass is 285 g/mol. The molecule has 1 aromatic heterocycles. The molecule has 0 aromatic carbocycles. The highest BCUT2D eigenvalue weighted by atomic mass is 35.5. The highest BCUT2D eigenvalue weighted by Gasteiger charge is 2.19. The largest absolute Gasteiger partial charge is 0.349 e. The zero-order valence-corrected chi connectivity index (χ0v) is 11.6. The number of nitrogens with one attached hydrogen (secondary N) is 1. The summed E-state index contributed by atoms with van der Waals surface area (Å²) in [6, 6.07) is 1.18. The van der Waals surface area contributed by atoms with Crippen molar-refractivity contribution in [2.45, 2.75) is 39.2 Å². The van der Waals surface area contributed by atoms with E-state index in [4.69, 9.17) is 11.6 Å². The normalized spacial score (nSPS) is 11.9. The molecule has 1 heterocycles. The summed E-state index contributed by atoms with van der Waals surface area (Å²) in [5.74, 6) is -0.429. The summed E-state index contributed by atoms with van der Waals surface area (Å²) in [4.78, 5) is 25.7. The van der Waals surface area contributed by atoms with Gasteiger partial charge in [-0.25, -0.2) is 4.98 Å². The van der Waals surface area contributed by atoms with Gasteiger partial charge in [0.1, 0.15) is 11.3 Å². The zero-order valence-electron chi connectivity index (χ0n) is 10.9. The SMILES string of the molecule is CCCC(CC)NC(=O)c1cc([N+](=O)[O-])cnc1Cl. The van der Waals surface area contributed by atoms with Crippen molar-refractivity contribution in [1.82, 2.24) is 10.3 Å². The van der Waals surface area contributed by atoms with Crippen LogP contribution in [0.1, 0.15) is 43.5 Å². The summed E-state index contributed by atoms with van der Waals surface area (Å²) in [7, 11) is 0. The van der Waals surface area contributed by atoms with Crippen LogP contribution in [0.25, 0.3) is 0 Å². The standard InChI is InChI=1S/C12H16ClN3O3/c1-3-5-8(4-2)15-12(17)10-6-9(16(18)19)7-14-11(10)13/h6-8H,3-5H2,1-2H3,(H,15,17). The number of amides is 1. The van der Waals surface area contributed by atoms with Crippen LogP contribution in [-0.4, -0.2) is 21.9 Å². The lowest BCUT2D eigenvalue weighted by Gasteiger charge is -2.16. The van der Waals surface area contributed by atoms with Crippen molar-refractivity contribution in [2.75, 3.05) is 0 Å². The van der Waals surface area contributed by atoms with Gasteiger partial charge >= 0.3 is 0 Å². The van der Waals surface area contributed by atoms with E-state index in [2.05, 4.69) is 10.3 Å². The van der Waals surface area contributed by atoms with Crippen LogP contribution in [0, 0.1) is 10.1 Å². The van der Waals surface area contributed by atoms with Gasteiger partial charge in [-0.2, -0.15) is 0 Å². The van der Waals surface area contributed by atoms with Crippen molar-refractivity contribution in [3.63, 3.8) is 0 Å². The molecule has 0 spiro atoms.